The quantitative estimate of drug-likeness (QED) is 0.469. The summed E-state index contributed by atoms with van der Waals surface area (Å²) < 4.78 is 5.10. The number of carbonyl (C=O) groups is 2. The molecule has 0 aliphatic carbocycles. The molecule has 0 unspecified atom stereocenters. The first-order chi connectivity index (χ1) is 13.2. The van der Waals surface area contributed by atoms with Gasteiger partial charge in [-0.25, -0.2) is 0 Å². The van der Waals surface area contributed by atoms with Crippen LogP contribution in [0.25, 0.3) is 0 Å². The highest BCUT2D eigenvalue weighted by Gasteiger charge is 2.09. The lowest BCUT2D eigenvalue weighted by Crippen LogP contribution is -2.11. The molecule has 0 bridgehead atoms. The molecule has 27 heavy (non-hydrogen) atoms. The van der Waals surface area contributed by atoms with Gasteiger partial charge in [0.2, 0.25) is 0 Å². The minimum Gasteiger partial charge on any atom is -0.497 e. The molecule has 0 aromatic heterocycles. The summed E-state index contributed by atoms with van der Waals surface area (Å²) in [6.07, 6.45) is 0. The first-order valence-electron chi connectivity index (χ1n) is 8.42. The minimum atomic E-state index is -0.194. The van der Waals surface area contributed by atoms with E-state index in [2.05, 4.69) is 5.32 Å². The van der Waals surface area contributed by atoms with Gasteiger partial charge in [-0.15, -0.1) is 11.8 Å². The number of benzene rings is 3. The van der Waals surface area contributed by atoms with Crippen LogP contribution in [0.3, 0.4) is 0 Å². The van der Waals surface area contributed by atoms with Crippen LogP contribution >= 0.6 is 11.8 Å². The highest BCUT2D eigenvalue weighted by atomic mass is 32.2. The van der Waals surface area contributed by atoms with E-state index < -0.39 is 0 Å². The van der Waals surface area contributed by atoms with Crippen molar-refractivity contribution in [3.63, 3.8) is 0 Å². The van der Waals surface area contributed by atoms with Gasteiger partial charge in [-0.2, -0.15) is 0 Å². The molecular formula is C22H19NO3S. The number of ether oxygens (including phenoxy) is 1. The molecule has 3 aromatic rings. The number of amides is 1. The standard InChI is InChI=1S/C22H19NO3S/c1-26-19-12-10-17(11-13-19)22(25)23-18-8-5-9-20(14-18)27-15-21(24)16-6-3-2-4-7-16/h2-14H,15H2,1H3,(H,23,25). The smallest absolute Gasteiger partial charge is 0.255 e. The van der Waals surface area contributed by atoms with Gasteiger partial charge in [0, 0.05) is 21.7 Å². The first kappa shape index (κ1) is 18.7. The lowest BCUT2D eigenvalue weighted by atomic mass is 10.2. The lowest BCUT2D eigenvalue weighted by Gasteiger charge is -2.08. The fourth-order valence-electron chi connectivity index (χ4n) is 2.47. The first-order valence-corrected chi connectivity index (χ1v) is 9.41. The fourth-order valence-corrected chi connectivity index (χ4v) is 3.32. The van der Waals surface area contributed by atoms with E-state index in [9.17, 15) is 9.59 Å². The Bertz CT molecular complexity index is 924. The molecule has 0 saturated heterocycles. The number of ketones is 1. The number of anilines is 1. The van der Waals surface area contributed by atoms with Crippen LogP contribution in [0.1, 0.15) is 20.7 Å². The molecule has 0 aliphatic rings. The Morgan fingerprint density at radius 2 is 1.63 bits per heavy atom. The zero-order valence-corrected chi connectivity index (χ0v) is 15.7. The molecule has 1 amide bonds. The third-order valence-electron chi connectivity index (χ3n) is 3.91. The molecular weight excluding hydrogens is 358 g/mol. The molecule has 0 fully saturated rings. The number of Topliss-reactive ketones (excluding diaryl/α,β-unsaturated/α-hetero) is 1. The van der Waals surface area contributed by atoms with Crippen molar-refractivity contribution in [1.82, 2.24) is 0 Å². The summed E-state index contributed by atoms with van der Waals surface area (Å²) in [5, 5.41) is 2.88. The van der Waals surface area contributed by atoms with Gasteiger partial charge in [0.15, 0.2) is 5.78 Å². The molecule has 0 aliphatic heterocycles. The second kappa shape index (κ2) is 9.05. The Balaban J connectivity index is 1.61. The predicted octanol–water partition coefficient (Wildman–Crippen LogP) is 4.92. The summed E-state index contributed by atoms with van der Waals surface area (Å²) in [4.78, 5) is 25.5. The van der Waals surface area contributed by atoms with Crippen LogP contribution in [0.5, 0.6) is 5.75 Å². The highest BCUT2D eigenvalue weighted by Crippen LogP contribution is 2.23. The molecule has 4 nitrogen and oxygen atoms in total. The molecule has 0 spiro atoms. The molecule has 3 rings (SSSR count). The van der Waals surface area contributed by atoms with Crippen LogP contribution in [-0.2, 0) is 0 Å². The van der Waals surface area contributed by atoms with Crippen LogP contribution in [0, 0.1) is 0 Å². The van der Waals surface area contributed by atoms with E-state index in [1.807, 2.05) is 54.6 Å². The monoisotopic (exact) mass is 377 g/mol. The van der Waals surface area contributed by atoms with Gasteiger partial charge in [-0.1, -0.05) is 36.4 Å². The number of hydrogen-bond acceptors (Lipinski definition) is 4. The van der Waals surface area contributed by atoms with Crippen molar-refractivity contribution in [3.05, 3.63) is 90.0 Å². The van der Waals surface area contributed by atoms with Crippen molar-refractivity contribution >= 4 is 29.1 Å². The molecule has 0 saturated carbocycles. The zero-order valence-electron chi connectivity index (χ0n) is 14.8. The topological polar surface area (TPSA) is 55.4 Å². The summed E-state index contributed by atoms with van der Waals surface area (Å²) in [6, 6.07) is 23.6. The van der Waals surface area contributed by atoms with Gasteiger partial charge < -0.3 is 10.1 Å². The van der Waals surface area contributed by atoms with Crippen molar-refractivity contribution in [1.29, 1.82) is 0 Å². The summed E-state index contributed by atoms with van der Waals surface area (Å²) >= 11 is 1.45. The maximum absolute atomic E-state index is 12.4. The molecule has 1 N–H and O–H groups in total. The van der Waals surface area contributed by atoms with E-state index in [1.54, 1.807) is 31.4 Å². The third-order valence-corrected chi connectivity index (χ3v) is 4.90. The van der Waals surface area contributed by atoms with E-state index in [0.29, 0.717) is 28.3 Å². The number of rotatable bonds is 7. The lowest BCUT2D eigenvalue weighted by molar-refractivity contribution is 0.101. The normalized spacial score (nSPS) is 10.3. The van der Waals surface area contributed by atoms with Crippen LogP contribution in [0.15, 0.2) is 83.8 Å². The largest absolute Gasteiger partial charge is 0.497 e. The van der Waals surface area contributed by atoms with Crippen molar-refractivity contribution in [2.24, 2.45) is 0 Å². The fraction of sp³-hybridized carbons (Fsp3) is 0.0909. The zero-order chi connectivity index (χ0) is 19.1. The molecule has 5 heteroatoms. The number of carbonyl (C=O) groups excluding carboxylic acids is 2. The Hall–Kier alpha value is -3.05. The Labute approximate surface area is 162 Å². The van der Waals surface area contributed by atoms with Gasteiger partial charge >= 0.3 is 0 Å². The van der Waals surface area contributed by atoms with Crippen molar-refractivity contribution in [3.8, 4) is 5.75 Å². The Morgan fingerprint density at radius 3 is 2.33 bits per heavy atom. The second-order valence-corrected chi connectivity index (χ2v) is 6.84. The van der Waals surface area contributed by atoms with Crippen molar-refractivity contribution < 1.29 is 14.3 Å². The predicted molar refractivity (Wildman–Crippen MR) is 109 cm³/mol. The maximum atomic E-state index is 12.4. The molecule has 0 atom stereocenters. The molecule has 3 aromatic carbocycles. The van der Waals surface area contributed by atoms with Gasteiger partial charge in [-0.05, 0) is 42.5 Å². The SMILES string of the molecule is COc1ccc(C(=O)Nc2cccc(SCC(=O)c3ccccc3)c2)cc1. The Morgan fingerprint density at radius 1 is 0.889 bits per heavy atom. The maximum Gasteiger partial charge on any atom is 0.255 e. The molecule has 0 heterocycles. The van der Waals surface area contributed by atoms with Crippen LogP contribution in [0.2, 0.25) is 0 Å². The van der Waals surface area contributed by atoms with Crippen LogP contribution < -0.4 is 10.1 Å². The summed E-state index contributed by atoms with van der Waals surface area (Å²) in [5.74, 6) is 0.932. The third kappa shape index (κ3) is 5.21. The van der Waals surface area contributed by atoms with E-state index in [1.165, 1.54) is 11.8 Å². The van der Waals surface area contributed by atoms with Crippen LogP contribution in [0.4, 0.5) is 5.69 Å². The van der Waals surface area contributed by atoms with Crippen molar-refractivity contribution in [2.75, 3.05) is 18.2 Å². The minimum absolute atomic E-state index is 0.0771. The van der Waals surface area contributed by atoms with Gasteiger partial charge in [0.05, 0.1) is 12.9 Å². The van der Waals surface area contributed by atoms with E-state index in [0.717, 1.165) is 4.90 Å². The Kier molecular flexibility index (Phi) is 6.28. The van der Waals surface area contributed by atoms with Gasteiger partial charge in [0.25, 0.3) is 5.91 Å². The van der Waals surface area contributed by atoms with Gasteiger partial charge in [-0.3, -0.25) is 9.59 Å². The van der Waals surface area contributed by atoms with E-state index in [4.69, 9.17) is 4.74 Å². The average molecular weight is 377 g/mol. The number of methoxy groups -OCH3 is 1. The van der Waals surface area contributed by atoms with E-state index in [-0.39, 0.29) is 11.7 Å². The van der Waals surface area contributed by atoms with Crippen LogP contribution in [-0.4, -0.2) is 24.6 Å². The average Bonchev–Trinajstić information content (AvgIpc) is 2.73. The van der Waals surface area contributed by atoms with Gasteiger partial charge in [0.1, 0.15) is 5.75 Å². The second-order valence-electron chi connectivity index (χ2n) is 5.79. The molecule has 136 valence electrons. The molecule has 0 radical (unpaired) electrons. The summed E-state index contributed by atoms with van der Waals surface area (Å²) in [7, 11) is 1.58. The number of nitrogens with one attached hydrogen (secondary N) is 1. The van der Waals surface area contributed by atoms with Crippen molar-refractivity contribution in [2.45, 2.75) is 4.90 Å². The highest BCUT2D eigenvalue weighted by molar-refractivity contribution is 8.00. The van der Waals surface area contributed by atoms with E-state index >= 15 is 0 Å². The summed E-state index contributed by atoms with van der Waals surface area (Å²) in [6.45, 7) is 0. The number of thioether (sulfide) groups is 1. The summed E-state index contributed by atoms with van der Waals surface area (Å²) in [5.41, 5.74) is 1.94. The number of hydrogen-bond donors (Lipinski definition) is 1.